The molecule has 0 unspecified atom stereocenters. The minimum Gasteiger partial charge on any atom is -0.276 e. The third-order valence-corrected chi connectivity index (χ3v) is 1.17. The summed E-state index contributed by atoms with van der Waals surface area (Å²) in [6.45, 7) is 2.12. The van der Waals surface area contributed by atoms with Gasteiger partial charge in [0, 0.05) is 13.2 Å². The van der Waals surface area contributed by atoms with E-state index in [9.17, 15) is 0 Å². The van der Waals surface area contributed by atoms with Crippen LogP contribution in [0.15, 0.2) is 12.4 Å². The lowest BCUT2D eigenvalue weighted by atomic mass is 10.3. The van der Waals surface area contributed by atoms with Gasteiger partial charge < -0.3 is 0 Å². The van der Waals surface area contributed by atoms with Crippen molar-refractivity contribution >= 4 is 22.6 Å². The van der Waals surface area contributed by atoms with Crippen molar-refractivity contribution in [2.75, 3.05) is 4.93 Å². The van der Waals surface area contributed by atoms with Crippen LogP contribution in [-0.2, 0) is 13.5 Å². The second kappa shape index (κ2) is 5.70. The molecule has 1 aromatic rings. The molecule has 0 aromatic carbocycles. The lowest BCUT2D eigenvalue weighted by Crippen LogP contribution is -1.84. The van der Waals surface area contributed by atoms with Crippen molar-refractivity contribution in [3.63, 3.8) is 0 Å². The van der Waals surface area contributed by atoms with Gasteiger partial charge in [0.25, 0.3) is 0 Å². The molecule has 0 amide bonds. The zero-order valence-electron chi connectivity index (χ0n) is 6.63. The van der Waals surface area contributed by atoms with Gasteiger partial charge in [-0.25, -0.2) is 0 Å². The molecule has 2 nitrogen and oxygen atoms in total. The van der Waals surface area contributed by atoms with Crippen LogP contribution < -0.4 is 0 Å². The van der Waals surface area contributed by atoms with Crippen LogP contribution in [0.1, 0.15) is 12.5 Å². The van der Waals surface area contributed by atoms with Crippen molar-refractivity contribution in [1.29, 1.82) is 0 Å². The second-order valence-corrected chi connectivity index (χ2v) is 1.88. The summed E-state index contributed by atoms with van der Waals surface area (Å²) in [7, 11) is 1.93. The molecule has 0 aliphatic rings. The summed E-state index contributed by atoms with van der Waals surface area (Å²) in [5.41, 5.74) is 1.30. The fourth-order valence-corrected chi connectivity index (χ4v) is 0.654. The van der Waals surface area contributed by atoms with Crippen LogP contribution in [-0.4, -0.2) is 14.7 Å². The molecule has 1 heterocycles. The first-order chi connectivity index (χ1) is 4.83. The quantitative estimate of drug-likeness (QED) is 0.552. The van der Waals surface area contributed by atoms with Crippen LogP contribution in [0, 0.1) is 0 Å². The number of rotatable bonds is 1. The number of aromatic nitrogens is 2. The highest BCUT2D eigenvalue weighted by atomic mass is 127. The van der Waals surface area contributed by atoms with Crippen LogP contribution in [0.4, 0.5) is 0 Å². The third-order valence-electron chi connectivity index (χ3n) is 1.17. The van der Waals surface area contributed by atoms with Gasteiger partial charge in [-0.15, -0.1) is 0 Å². The summed E-state index contributed by atoms with van der Waals surface area (Å²) >= 11 is 2.15. The van der Waals surface area contributed by atoms with Gasteiger partial charge in [-0.05, 0) is 16.9 Å². The van der Waals surface area contributed by atoms with Crippen molar-refractivity contribution in [3.8, 4) is 0 Å². The number of hydrogen-bond acceptors (Lipinski definition) is 1. The summed E-state index contributed by atoms with van der Waals surface area (Å²) < 4.78 is 1.82. The molecule has 0 atom stereocenters. The molecule has 58 valence electrons. The van der Waals surface area contributed by atoms with E-state index >= 15 is 0 Å². The maximum Gasteiger partial charge on any atom is 0.0521 e. The molecule has 0 saturated heterocycles. The molecule has 10 heavy (non-hydrogen) atoms. The van der Waals surface area contributed by atoms with E-state index in [1.54, 1.807) is 0 Å². The standard InChI is InChI=1S/C6H10N2.CH3I/c1-3-6-4-7-8(2)5-6;1-2/h4-5H,3H2,1-2H3;1H3. The molecule has 0 bridgehead atoms. The van der Waals surface area contributed by atoms with Gasteiger partial charge in [-0.2, -0.15) is 5.10 Å². The Labute approximate surface area is 75.8 Å². The summed E-state index contributed by atoms with van der Waals surface area (Å²) in [5, 5.41) is 4.00. The molecule has 0 aliphatic heterocycles. The van der Waals surface area contributed by atoms with Gasteiger partial charge in [0.05, 0.1) is 6.20 Å². The average molecular weight is 252 g/mol. The van der Waals surface area contributed by atoms with E-state index in [0.717, 1.165) is 6.42 Å². The topological polar surface area (TPSA) is 17.8 Å². The van der Waals surface area contributed by atoms with E-state index in [-0.39, 0.29) is 0 Å². The van der Waals surface area contributed by atoms with Gasteiger partial charge in [0.15, 0.2) is 0 Å². The zero-order chi connectivity index (χ0) is 7.98. The van der Waals surface area contributed by atoms with Crippen LogP contribution in [0.3, 0.4) is 0 Å². The van der Waals surface area contributed by atoms with Crippen LogP contribution in [0.5, 0.6) is 0 Å². The van der Waals surface area contributed by atoms with Gasteiger partial charge in [-0.1, -0.05) is 29.5 Å². The zero-order valence-corrected chi connectivity index (χ0v) is 8.79. The Kier molecular flexibility index (Phi) is 5.67. The maximum absolute atomic E-state index is 4.00. The Morgan fingerprint density at radius 3 is 2.40 bits per heavy atom. The predicted octanol–water partition coefficient (Wildman–Crippen LogP) is 2.03. The molecule has 0 aliphatic carbocycles. The van der Waals surface area contributed by atoms with Crippen molar-refractivity contribution < 1.29 is 0 Å². The largest absolute Gasteiger partial charge is 0.276 e. The lowest BCUT2D eigenvalue weighted by Gasteiger charge is -1.81. The Morgan fingerprint density at radius 1 is 1.60 bits per heavy atom. The number of halogens is 1. The molecule has 3 heteroatoms. The molecule has 0 spiro atoms. The molecule has 1 aromatic heterocycles. The number of hydrogen-bond donors (Lipinski definition) is 0. The molecule has 0 saturated carbocycles. The lowest BCUT2D eigenvalue weighted by molar-refractivity contribution is 0.767. The Morgan fingerprint density at radius 2 is 2.20 bits per heavy atom. The molecular formula is C7H13IN2. The van der Waals surface area contributed by atoms with E-state index in [0.29, 0.717) is 0 Å². The maximum atomic E-state index is 4.00. The molecule has 0 fully saturated rings. The first kappa shape index (κ1) is 9.94. The second-order valence-electron chi connectivity index (χ2n) is 1.88. The highest BCUT2D eigenvalue weighted by Crippen LogP contribution is 1.94. The fraction of sp³-hybridized carbons (Fsp3) is 0.571. The number of alkyl halides is 1. The van der Waals surface area contributed by atoms with E-state index in [1.807, 2.05) is 29.1 Å². The number of nitrogens with zero attached hydrogens (tertiary/aromatic N) is 2. The summed E-state index contributed by atoms with van der Waals surface area (Å²) in [6.07, 6.45) is 4.99. The minimum absolute atomic E-state index is 1.08. The molecular weight excluding hydrogens is 239 g/mol. The van der Waals surface area contributed by atoms with Gasteiger partial charge in [0.1, 0.15) is 0 Å². The van der Waals surface area contributed by atoms with Crippen molar-refractivity contribution in [1.82, 2.24) is 9.78 Å². The van der Waals surface area contributed by atoms with Crippen molar-refractivity contribution in [2.24, 2.45) is 7.05 Å². The third kappa shape index (κ3) is 3.20. The summed E-state index contributed by atoms with van der Waals surface area (Å²) in [6, 6.07) is 0. The molecule has 0 radical (unpaired) electrons. The van der Waals surface area contributed by atoms with Gasteiger partial charge >= 0.3 is 0 Å². The predicted molar refractivity (Wildman–Crippen MR) is 52.5 cm³/mol. The first-order valence-electron chi connectivity index (χ1n) is 3.18. The molecule has 0 N–H and O–H groups in total. The average Bonchev–Trinajstić information content (AvgIpc) is 2.40. The van der Waals surface area contributed by atoms with E-state index in [1.165, 1.54) is 5.56 Å². The SMILES string of the molecule is CCc1cnn(C)c1.CI. The minimum atomic E-state index is 1.08. The Bertz CT molecular complexity index is 172. The fourth-order valence-electron chi connectivity index (χ4n) is 0.654. The summed E-state index contributed by atoms with van der Waals surface area (Å²) in [4.78, 5) is 1.97. The summed E-state index contributed by atoms with van der Waals surface area (Å²) in [5.74, 6) is 0. The Hall–Kier alpha value is -0.0600. The van der Waals surface area contributed by atoms with Gasteiger partial charge in [-0.3, -0.25) is 4.68 Å². The first-order valence-corrected chi connectivity index (χ1v) is 5.34. The van der Waals surface area contributed by atoms with E-state index in [4.69, 9.17) is 0 Å². The van der Waals surface area contributed by atoms with Crippen LogP contribution in [0.25, 0.3) is 0 Å². The Balaban J connectivity index is 0.000000371. The van der Waals surface area contributed by atoms with Crippen LogP contribution in [0.2, 0.25) is 0 Å². The van der Waals surface area contributed by atoms with Crippen molar-refractivity contribution in [2.45, 2.75) is 13.3 Å². The van der Waals surface area contributed by atoms with Crippen molar-refractivity contribution in [3.05, 3.63) is 18.0 Å². The monoisotopic (exact) mass is 252 g/mol. The highest BCUT2D eigenvalue weighted by molar-refractivity contribution is 14.1. The van der Waals surface area contributed by atoms with E-state index < -0.39 is 0 Å². The smallest absolute Gasteiger partial charge is 0.0521 e. The highest BCUT2D eigenvalue weighted by Gasteiger charge is 1.87. The normalized spacial score (nSPS) is 8.40. The number of aryl methyl sites for hydroxylation is 2. The molecule has 1 rings (SSSR count). The van der Waals surface area contributed by atoms with Crippen LogP contribution >= 0.6 is 22.6 Å². The van der Waals surface area contributed by atoms with E-state index in [2.05, 4.69) is 34.6 Å². The van der Waals surface area contributed by atoms with Gasteiger partial charge in [0.2, 0.25) is 0 Å².